The molecule has 0 radical (unpaired) electrons. The quantitative estimate of drug-likeness (QED) is 0.760. The fraction of sp³-hybridized carbons (Fsp3) is 0.278. The van der Waals surface area contributed by atoms with Crippen LogP contribution in [0.25, 0.3) is 11.0 Å². The van der Waals surface area contributed by atoms with Gasteiger partial charge in [-0.25, -0.2) is 4.98 Å². The summed E-state index contributed by atoms with van der Waals surface area (Å²) in [4.78, 5) is 4.50. The van der Waals surface area contributed by atoms with Crippen molar-refractivity contribution in [1.29, 1.82) is 0 Å². The van der Waals surface area contributed by atoms with Gasteiger partial charge in [-0.3, -0.25) is 0 Å². The molecule has 0 fully saturated rings. The van der Waals surface area contributed by atoms with Crippen molar-refractivity contribution >= 4 is 11.0 Å². The van der Waals surface area contributed by atoms with E-state index in [-0.39, 0.29) is 6.61 Å². The number of nitrogens with zero attached hydrogens (tertiary/aromatic N) is 2. The molecule has 0 amide bonds. The van der Waals surface area contributed by atoms with E-state index in [0.29, 0.717) is 18.0 Å². The maximum absolute atomic E-state index is 10.3. The van der Waals surface area contributed by atoms with E-state index in [0.717, 1.165) is 16.9 Å². The number of benzene rings is 2. The van der Waals surface area contributed by atoms with Gasteiger partial charge in [0.25, 0.3) is 0 Å². The van der Waals surface area contributed by atoms with Gasteiger partial charge >= 0.3 is 0 Å². The van der Waals surface area contributed by atoms with Gasteiger partial charge in [0.15, 0.2) is 11.5 Å². The van der Waals surface area contributed by atoms with E-state index in [1.165, 1.54) is 0 Å². The molecule has 120 valence electrons. The SMILES string of the molecule is COc1ccccc1OC[C@H](O)Cn1c(C)nc2ccccc21. The van der Waals surface area contributed by atoms with Gasteiger partial charge in [0.2, 0.25) is 0 Å². The van der Waals surface area contributed by atoms with E-state index in [1.54, 1.807) is 7.11 Å². The lowest BCUT2D eigenvalue weighted by atomic mass is 10.3. The molecule has 0 aliphatic heterocycles. The number of imidazole rings is 1. The first kappa shape index (κ1) is 15.4. The summed E-state index contributed by atoms with van der Waals surface area (Å²) in [5.41, 5.74) is 1.95. The Morgan fingerprint density at radius 1 is 1.09 bits per heavy atom. The Labute approximate surface area is 135 Å². The third-order valence-electron chi connectivity index (χ3n) is 3.74. The molecule has 0 spiro atoms. The molecule has 23 heavy (non-hydrogen) atoms. The Kier molecular flexibility index (Phi) is 4.48. The van der Waals surface area contributed by atoms with Crippen molar-refractivity contribution in [3.8, 4) is 11.5 Å². The highest BCUT2D eigenvalue weighted by Crippen LogP contribution is 2.26. The number of para-hydroxylation sites is 4. The maximum atomic E-state index is 10.3. The number of hydrogen-bond donors (Lipinski definition) is 1. The number of aryl methyl sites for hydroxylation is 1. The lowest BCUT2D eigenvalue weighted by Gasteiger charge is -2.16. The number of rotatable bonds is 6. The van der Waals surface area contributed by atoms with Gasteiger partial charge in [-0.2, -0.15) is 0 Å². The topological polar surface area (TPSA) is 56.5 Å². The number of aromatic nitrogens is 2. The number of fused-ring (bicyclic) bond motifs is 1. The van der Waals surface area contributed by atoms with Crippen LogP contribution >= 0.6 is 0 Å². The van der Waals surface area contributed by atoms with Crippen LogP contribution in [0.4, 0.5) is 0 Å². The second kappa shape index (κ2) is 6.71. The van der Waals surface area contributed by atoms with Crippen LogP contribution < -0.4 is 9.47 Å². The third-order valence-corrected chi connectivity index (χ3v) is 3.74. The minimum absolute atomic E-state index is 0.187. The molecule has 0 unspecified atom stereocenters. The number of methoxy groups -OCH3 is 1. The van der Waals surface area contributed by atoms with Gasteiger partial charge < -0.3 is 19.1 Å². The van der Waals surface area contributed by atoms with Crippen LogP contribution in [0.1, 0.15) is 5.82 Å². The molecule has 3 aromatic rings. The molecular weight excluding hydrogens is 292 g/mol. The van der Waals surface area contributed by atoms with Crippen molar-refractivity contribution in [1.82, 2.24) is 9.55 Å². The number of aliphatic hydroxyl groups is 1. The molecule has 1 atom stereocenters. The fourth-order valence-electron chi connectivity index (χ4n) is 2.61. The number of hydrogen-bond acceptors (Lipinski definition) is 4. The highest BCUT2D eigenvalue weighted by Gasteiger charge is 2.13. The standard InChI is InChI=1S/C18H20N2O3/c1-13-19-15-7-3-4-8-16(15)20(13)11-14(21)12-23-18-10-6-5-9-17(18)22-2/h3-10,14,21H,11-12H2,1-2H3/t14-/m1/s1. The molecule has 0 aliphatic rings. The fourth-order valence-corrected chi connectivity index (χ4v) is 2.61. The molecule has 5 nitrogen and oxygen atoms in total. The van der Waals surface area contributed by atoms with Gasteiger partial charge in [-0.15, -0.1) is 0 Å². The van der Waals surface area contributed by atoms with E-state index in [9.17, 15) is 5.11 Å². The smallest absolute Gasteiger partial charge is 0.161 e. The molecule has 5 heteroatoms. The van der Waals surface area contributed by atoms with Crippen molar-refractivity contribution in [2.24, 2.45) is 0 Å². The second-order valence-electron chi connectivity index (χ2n) is 5.37. The molecule has 0 bridgehead atoms. The molecular formula is C18H20N2O3. The van der Waals surface area contributed by atoms with Crippen LogP contribution in [0, 0.1) is 6.92 Å². The molecule has 3 rings (SSSR count). The predicted octanol–water partition coefficient (Wildman–Crippen LogP) is 2.79. The Balaban J connectivity index is 1.69. The summed E-state index contributed by atoms with van der Waals surface area (Å²) in [6, 6.07) is 15.3. The van der Waals surface area contributed by atoms with Gasteiger partial charge in [-0.1, -0.05) is 24.3 Å². The number of aliphatic hydroxyl groups excluding tert-OH is 1. The Morgan fingerprint density at radius 3 is 2.57 bits per heavy atom. The summed E-state index contributed by atoms with van der Waals surface area (Å²) in [5, 5.41) is 10.3. The molecule has 0 saturated heterocycles. The van der Waals surface area contributed by atoms with Crippen molar-refractivity contribution in [3.63, 3.8) is 0 Å². The lowest BCUT2D eigenvalue weighted by molar-refractivity contribution is 0.0914. The Bertz CT molecular complexity index is 798. The van der Waals surface area contributed by atoms with Gasteiger partial charge in [-0.05, 0) is 31.2 Å². The van der Waals surface area contributed by atoms with Crippen molar-refractivity contribution in [2.45, 2.75) is 19.6 Å². The van der Waals surface area contributed by atoms with Crippen LogP contribution in [0.15, 0.2) is 48.5 Å². The van der Waals surface area contributed by atoms with Gasteiger partial charge in [0, 0.05) is 0 Å². The molecule has 1 heterocycles. The summed E-state index contributed by atoms with van der Waals surface area (Å²) in [6.07, 6.45) is -0.642. The van der Waals surface area contributed by atoms with E-state index in [4.69, 9.17) is 9.47 Å². The molecule has 2 aromatic carbocycles. The Morgan fingerprint density at radius 2 is 1.78 bits per heavy atom. The maximum Gasteiger partial charge on any atom is 0.161 e. The van der Waals surface area contributed by atoms with E-state index in [1.807, 2.05) is 60.0 Å². The summed E-state index contributed by atoms with van der Waals surface area (Å²) >= 11 is 0. The average molecular weight is 312 g/mol. The van der Waals surface area contributed by atoms with Crippen LogP contribution in [-0.4, -0.2) is 34.5 Å². The largest absolute Gasteiger partial charge is 0.493 e. The van der Waals surface area contributed by atoms with Crippen LogP contribution in [0.5, 0.6) is 11.5 Å². The molecule has 0 aliphatic carbocycles. The first-order valence-electron chi connectivity index (χ1n) is 7.55. The lowest BCUT2D eigenvalue weighted by Crippen LogP contribution is -2.24. The summed E-state index contributed by atoms with van der Waals surface area (Å²) in [5.74, 6) is 2.16. The molecule has 1 N–H and O–H groups in total. The summed E-state index contributed by atoms with van der Waals surface area (Å²) in [7, 11) is 1.60. The van der Waals surface area contributed by atoms with Crippen molar-refractivity contribution < 1.29 is 14.6 Å². The zero-order chi connectivity index (χ0) is 16.2. The van der Waals surface area contributed by atoms with Crippen LogP contribution in [0.2, 0.25) is 0 Å². The van der Waals surface area contributed by atoms with E-state index < -0.39 is 6.10 Å². The minimum Gasteiger partial charge on any atom is -0.493 e. The molecule has 0 saturated carbocycles. The van der Waals surface area contributed by atoms with Crippen LogP contribution in [-0.2, 0) is 6.54 Å². The first-order chi connectivity index (χ1) is 11.2. The van der Waals surface area contributed by atoms with E-state index in [2.05, 4.69) is 4.98 Å². The summed E-state index contributed by atoms with van der Waals surface area (Å²) < 4.78 is 12.9. The van der Waals surface area contributed by atoms with Crippen LogP contribution in [0.3, 0.4) is 0 Å². The molecule has 1 aromatic heterocycles. The monoisotopic (exact) mass is 312 g/mol. The zero-order valence-corrected chi connectivity index (χ0v) is 13.3. The second-order valence-corrected chi connectivity index (χ2v) is 5.37. The predicted molar refractivity (Wildman–Crippen MR) is 89.0 cm³/mol. The van der Waals surface area contributed by atoms with Gasteiger partial charge in [0.1, 0.15) is 18.5 Å². The summed E-state index contributed by atoms with van der Waals surface area (Å²) in [6.45, 7) is 2.56. The normalized spacial score (nSPS) is 12.3. The first-order valence-corrected chi connectivity index (χ1v) is 7.55. The number of ether oxygens (including phenoxy) is 2. The highest BCUT2D eigenvalue weighted by molar-refractivity contribution is 5.75. The van der Waals surface area contributed by atoms with Crippen molar-refractivity contribution in [2.75, 3.05) is 13.7 Å². The van der Waals surface area contributed by atoms with Crippen molar-refractivity contribution in [3.05, 3.63) is 54.4 Å². The average Bonchev–Trinajstić information content (AvgIpc) is 2.89. The third kappa shape index (κ3) is 3.29. The highest BCUT2D eigenvalue weighted by atomic mass is 16.5. The van der Waals surface area contributed by atoms with E-state index >= 15 is 0 Å². The van der Waals surface area contributed by atoms with Gasteiger partial charge in [0.05, 0.1) is 24.7 Å². The zero-order valence-electron chi connectivity index (χ0n) is 13.3. The Hall–Kier alpha value is -2.53. The minimum atomic E-state index is -0.642.